The van der Waals surface area contributed by atoms with Crippen molar-refractivity contribution in [3.05, 3.63) is 93.4 Å². The molecule has 1 aromatic heterocycles. The van der Waals surface area contributed by atoms with E-state index in [1.54, 1.807) is 30.3 Å². The Labute approximate surface area is 187 Å². The number of nitrogens with one attached hydrogen (secondary N) is 1. The molecule has 33 heavy (non-hydrogen) atoms. The maximum Gasteiger partial charge on any atom is 0.336 e. The van der Waals surface area contributed by atoms with Crippen molar-refractivity contribution in [3.63, 3.8) is 0 Å². The summed E-state index contributed by atoms with van der Waals surface area (Å²) in [6, 6.07) is 16.6. The van der Waals surface area contributed by atoms with Crippen LogP contribution in [0.3, 0.4) is 0 Å². The molecule has 3 aromatic carbocycles. The highest BCUT2D eigenvalue weighted by Gasteiger charge is 2.19. The molecule has 8 nitrogen and oxygen atoms in total. The third kappa shape index (κ3) is 4.20. The second-order valence-electron chi connectivity index (χ2n) is 7.12. The first-order valence-electron chi connectivity index (χ1n) is 9.95. The fraction of sp³-hybridized carbons (Fsp3) is 0.125. The largest absolute Gasteiger partial charge is 0.493 e. The predicted octanol–water partition coefficient (Wildman–Crippen LogP) is 2.95. The van der Waals surface area contributed by atoms with Gasteiger partial charge in [0, 0.05) is 11.8 Å². The molecule has 0 aliphatic rings. The zero-order chi connectivity index (χ0) is 23.5. The van der Waals surface area contributed by atoms with Gasteiger partial charge in [-0.15, -0.1) is 0 Å². The van der Waals surface area contributed by atoms with Crippen LogP contribution < -0.4 is 26.0 Å². The number of carbonyl (C=O) groups excluding carboxylic acids is 1. The average molecular weight is 449 g/mol. The number of hydrogen-bond donors (Lipinski definition) is 1. The quantitative estimate of drug-likeness (QED) is 0.489. The molecule has 4 aromatic rings. The van der Waals surface area contributed by atoms with Gasteiger partial charge in [-0.2, -0.15) is 0 Å². The topological polar surface area (TPSA) is 91.6 Å². The van der Waals surface area contributed by atoms with E-state index in [0.29, 0.717) is 22.9 Å². The van der Waals surface area contributed by atoms with Gasteiger partial charge >= 0.3 is 5.69 Å². The summed E-state index contributed by atoms with van der Waals surface area (Å²) >= 11 is 0. The molecule has 0 bridgehead atoms. The van der Waals surface area contributed by atoms with Crippen molar-refractivity contribution in [2.24, 2.45) is 0 Å². The van der Waals surface area contributed by atoms with Crippen molar-refractivity contribution in [2.45, 2.75) is 6.54 Å². The van der Waals surface area contributed by atoms with E-state index >= 15 is 0 Å². The molecule has 4 rings (SSSR count). The maximum absolute atomic E-state index is 13.4. The highest BCUT2D eigenvalue weighted by Crippen LogP contribution is 2.30. The summed E-state index contributed by atoms with van der Waals surface area (Å²) in [5, 5.41) is 2.80. The third-order valence-electron chi connectivity index (χ3n) is 5.09. The van der Waals surface area contributed by atoms with Gasteiger partial charge in [-0.1, -0.05) is 18.2 Å². The summed E-state index contributed by atoms with van der Waals surface area (Å²) < 4.78 is 26.0. The van der Waals surface area contributed by atoms with E-state index in [1.807, 2.05) is 0 Å². The highest BCUT2D eigenvalue weighted by molar-refractivity contribution is 5.92. The van der Waals surface area contributed by atoms with Gasteiger partial charge in [-0.25, -0.2) is 13.8 Å². The molecule has 0 radical (unpaired) electrons. The fourth-order valence-corrected chi connectivity index (χ4v) is 3.53. The number of para-hydroxylation sites is 1. The van der Waals surface area contributed by atoms with Crippen LogP contribution in [0.4, 0.5) is 10.1 Å². The van der Waals surface area contributed by atoms with Crippen molar-refractivity contribution < 1.29 is 18.7 Å². The van der Waals surface area contributed by atoms with Crippen LogP contribution in [0.25, 0.3) is 16.6 Å². The predicted molar refractivity (Wildman–Crippen MR) is 122 cm³/mol. The third-order valence-corrected chi connectivity index (χ3v) is 5.09. The Hall–Kier alpha value is -4.40. The van der Waals surface area contributed by atoms with Gasteiger partial charge in [0.25, 0.3) is 5.56 Å². The van der Waals surface area contributed by atoms with Crippen LogP contribution >= 0.6 is 0 Å². The normalized spacial score (nSPS) is 10.8. The number of aromatic nitrogens is 2. The number of ether oxygens (including phenoxy) is 2. The van der Waals surface area contributed by atoms with E-state index in [4.69, 9.17) is 9.47 Å². The Kier molecular flexibility index (Phi) is 5.95. The van der Waals surface area contributed by atoms with E-state index in [2.05, 4.69) is 5.32 Å². The molecule has 0 aliphatic heterocycles. The lowest BCUT2D eigenvalue weighted by atomic mass is 10.2. The molecule has 0 saturated carbocycles. The van der Waals surface area contributed by atoms with Crippen molar-refractivity contribution >= 4 is 22.5 Å². The van der Waals surface area contributed by atoms with E-state index in [-0.39, 0.29) is 10.9 Å². The smallest absolute Gasteiger partial charge is 0.336 e. The molecule has 0 saturated heterocycles. The number of halogens is 1. The first kappa shape index (κ1) is 21.8. The first-order chi connectivity index (χ1) is 15.9. The second-order valence-corrected chi connectivity index (χ2v) is 7.12. The standard InChI is InChI=1S/C24H20FN3O5/c1-32-20-12-18-19(13-21(20)33-2)27(14-22(29)26-16-10-8-15(25)9-11-16)24(31)28(23(18)30)17-6-4-3-5-7-17/h3-13H,14H2,1-2H3,(H,26,29). The molecular formula is C24H20FN3O5. The van der Waals surface area contributed by atoms with Gasteiger partial charge in [-0.05, 0) is 42.5 Å². The van der Waals surface area contributed by atoms with Crippen LogP contribution in [0.15, 0.2) is 76.3 Å². The summed E-state index contributed by atoms with van der Waals surface area (Å²) in [4.78, 5) is 39.5. The molecular weight excluding hydrogens is 429 g/mol. The Morgan fingerprint density at radius 1 is 0.939 bits per heavy atom. The molecule has 1 N–H and O–H groups in total. The minimum atomic E-state index is -0.694. The lowest BCUT2D eigenvalue weighted by Crippen LogP contribution is -2.40. The molecule has 1 amide bonds. The van der Waals surface area contributed by atoms with Gasteiger partial charge in [-0.3, -0.25) is 14.2 Å². The van der Waals surface area contributed by atoms with Crippen LogP contribution in [0.1, 0.15) is 0 Å². The van der Waals surface area contributed by atoms with Gasteiger partial charge in [0.2, 0.25) is 5.91 Å². The van der Waals surface area contributed by atoms with Crippen molar-refractivity contribution in [1.82, 2.24) is 9.13 Å². The van der Waals surface area contributed by atoms with Crippen molar-refractivity contribution in [2.75, 3.05) is 19.5 Å². The molecule has 0 spiro atoms. The Bertz CT molecular complexity index is 1440. The summed E-state index contributed by atoms with van der Waals surface area (Å²) in [6.45, 7) is -0.394. The van der Waals surface area contributed by atoms with E-state index < -0.39 is 29.5 Å². The number of amides is 1. The number of nitrogens with zero attached hydrogens (tertiary/aromatic N) is 2. The zero-order valence-corrected chi connectivity index (χ0v) is 17.9. The van der Waals surface area contributed by atoms with Gasteiger partial charge in [0.1, 0.15) is 12.4 Å². The molecule has 0 atom stereocenters. The number of anilines is 1. The van der Waals surface area contributed by atoms with E-state index in [9.17, 15) is 18.8 Å². The Balaban J connectivity index is 1.90. The van der Waals surface area contributed by atoms with Crippen LogP contribution in [0.5, 0.6) is 11.5 Å². The first-order valence-corrected chi connectivity index (χ1v) is 9.95. The Morgan fingerprint density at radius 2 is 1.58 bits per heavy atom. The van der Waals surface area contributed by atoms with Gasteiger partial charge < -0.3 is 14.8 Å². The lowest BCUT2D eigenvalue weighted by molar-refractivity contribution is -0.116. The monoisotopic (exact) mass is 449 g/mol. The zero-order valence-electron chi connectivity index (χ0n) is 17.9. The number of hydrogen-bond acceptors (Lipinski definition) is 5. The highest BCUT2D eigenvalue weighted by atomic mass is 19.1. The van der Waals surface area contributed by atoms with Gasteiger partial charge in [0.15, 0.2) is 11.5 Å². The second kappa shape index (κ2) is 8.99. The minimum absolute atomic E-state index is 0.172. The molecule has 1 heterocycles. The van der Waals surface area contributed by atoms with Crippen LogP contribution in [0.2, 0.25) is 0 Å². The SMILES string of the molecule is COc1cc2c(=O)n(-c3ccccc3)c(=O)n(CC(=O)Nc3ccc(F)cc3)c2cc1OC. The van der Waals surface area contributed by atoms with E-state index in [0.717, 1.165) is 4.57 Å². The lowest BCUT2D eigenvalue weighted by Gasteiger charge is -2.16. The fourth-order valence-electron chi connectivity index (χ4n) is 3.53. The summed E-state index contributed by atoms with van der Waals surface area (Å²) in [7, 11) is 2.87. The number of benzene rings is 3. The Morgan fingerprint density at radius 3 is 2.21 bits per heavy atom. The van der Waals surface area contributed by atoms with Gasteiger partial charge in [0.05, 0.1) is 30.8 Å². The minimum Gasteiger partial charge on any atom is -0.493 e. The molecule has 168 valence electrons. The summed E-state index contributed by atoms with van der Waals surface area (Å²) in [6.07, 6.45) is 0. The molecule has 9 heteroatoms. The average Bonchev–Trinajstić information content (AvgIpc) is 2.83. The molecule has 0 aliphatic carbocycles. The van der Waals surface area contributed by atoms with Crippen LogP contribution in [-0.2, 0) is 11.3 Å². The summed E-state index contributed by atoms with van der Waals surface area (Å²) in [5.74, 6) is -0.360. The number of fused-ring (bicyclic) bond motifs is 1. The number of carbonyl (C=O) groups is 1. The van der Waals surface area contributed by atoms with Crippen LogP contribution in [-0.4, -0.2) is 29.3 Å². The number of rotatable bonds is 6. The van der Waals surface area contributed by atoms with E-state index in [1.165, 1.54) is 55.2 Å². The number of methoxy groups -OCH3 is 2. The van der Waals surface area contributed by atoms with Crippen molar-refractivity contribution in [1.29, 1.82) is 0 Å². The molecule has 0 fully saturated rings. The van der Waals surface area contributed by atoms with Crippen molar-refractivity contribution in [3.8, 4) is 17.2 Å². The maximum atomic E-state index is 13.4. The summed E-state index contributed by atoms with van der Waals surface area (Å²) in [5.41, 5.74) is -0.312. The van der Waals surface area contributed by atoms with Crippen LogP contribution in [0, 0.1) is 5.82 Å². The molecule has 0 unspecified atom stereocenters.